The van der Waals surface area contributed by atoms with Crippen molar-refractivity contribution < 1.29 is 0 Å². The van der Waals surface area contributed by atoms with Gasteiger partial charge in [-0.1, -0.05) is 22.0 Å². The fourth-order valence-electron chi connectivity index (χ4n) is 0.964. The molecule has 0 aliphatic rings. The largest absolute Gasteiger partial charge is 0.325 e. The van der Waals surface area contributed by atoms with Gasteiger partial charge in [-0.25, -0.2) is 5.84 Å². The van der Waals surface area contributed by atoms with E-state index in [4.69, 9.17) is 5.84 Å². The lowest BCUT2D eigenvalue weighted by molar-refractivity contribution is 1.01. The summed E-state index contributed by atoms with van der Waals surface area (Å²) in [4.78, 5) is 3.91. The number of hydrogen-bond donors (Lipinski definition) is 3. The molecule has 0 amide bonds. The summed E-state index contributed by atoms with van der Waals surface area (Å²) in [7, 11) is 1.66. The molecule has 0 atom stereocenters. The van der Waals surface area contributed by atoms with Gasteiger partial charge in [-0.05, 0) is 24.6 Å². The molecule has 4 nitrogen and oxygen atoms in total. The highest BCUT2D eigenvalue weighted by Crippen LogP contribution is 2.20. The average Bonchev–Trinajstić information content (AvgIpc) is 2.19. The number of nitrogens with one attached hydrogen (secondary N) is 2. The Hall–Kier alpha value is -1.07. The highest BCUT2D eigenvalue weighted by atomic mass is 79.9. The Kier molecular flexibility index (Phi) is 3.91. The van der Waals surface area contributed by atoms with Crippen LogP contribution in [0.5, 0.6) is 0 Å². The van der Waals surface area contributed by atoms with Gasteiger partial charge in [0.15, 0.2) is 0 Å². The normalized spacial score (nSPS) is 11.3. The van der Waals surface area contributed by atoms with Crippen molar-refractivity contribution in [3.8, 4) is 0 Å². The van der Waals surface area contributed by atoms with Crippen LogP contribution in [0.4, 0.5) is 5.69 Å². The third-order valence-electron chi connectivity index (χ3n) is 1.79. The lowest BCUT2D eigenvalue weighted by Crippen LogP contribution is -2.36. The number of benzene rings is 1. The van der Waals surface area contributed by atoms with Gasteiger partial charge in [0.1, 0.15) is 0 Å². The molecule has 0 aromatic heterocycles. The Morgan fingerprint density at radius 3 is 2.71 bits per heavy atom. The van der Waals surface area contributed by atoms with Crippen molar-refractivity contribution in [3.63, 3.8) is 0 Å². The summed E-state index contributed by atoms with van der Waals surface area (Å²) in [5.41, 5.74) is 4.58. The third-order valence-corrected chi connectivity index (χ3v) is 2.65. The van der Waals surface area contributed by atoms with Crippen LogP contribution in [0.3, 0.4) is 0 Å². The number of nitrogens with zero attached hydrogens (tertiary/aromatic N) is 1. The molecule has 76 valence electrons. The molecule has 1 aromatic carbocycles. The molecule has 0 spiro atoms. The van der Waals surface area contributed by atoms with E-state index in [-0.39, 0.29) is 0 Å². The topological polar surface area (TPSA) is 62.4 Å². The monoisotopic (exact) mass is 256 g/mol. The molecule has 1 rings (SSSR count). The number of aryl methyl sites for hydroxylation is 1. The first-order valence-corrected chi connectivity index (χ1v) is 4.93. The van der Waals surface area contributed by atoms with Gasteiger partial charge in [-0.15, -0.1) is 0 Å². The molecular weight excluding hydrogens is 244 g/mol. The van der Waals surface area contributed by atoms with E-state index in [2.05, 4.69) is 31.7 Å². The molecule has 1 aromatic rings. The van der Waals surface area contributed by atoms with Crippen LogP contribution in [0.15, 0.2) is 27.7 Å². The van der Waals surface area contributed by atoms with E-state index >= 15 is 0 Å². The fraction of sp³-hybridized carbons (Fsp3) is 0.222. The van der Waals surface area contributed by atoms with E-state index in [1.165, 1.54) is 5.56 Å². The second kappa shape index (κ2) is 4.97. The Balaban J connectivity index is 2.82. The second-order valence-electron chi connectivity index (χ2n) is 2.81. The van der Waals surface area contributed by atoms with Crippen LogP contribution in [0.2, 0.25) is 0 Å². The van der Waals surface area contributed by atoms with Crippen molar-refractivity contribution in [2.45, 2.75) is 6.92 Å². The molecule has 0 bridgehead atoms. The fourth-order valence-corrected chi connectivity index (χ4v) is 1.34. The van der Waals surface area contributed by atoms with Crippen molar-refractivity contribution in [3.05, 3.63) is 28.2 Å². The summed E-state index contributed by atoms with van der Waals surface area (Å²) in [5.74, 6) is 5.77. The molecule has 0 saturated heterocycles. The predicted molar refractivity (Wildman–Crippen MR) is 63.2 cm³/mol. The number of nitrogens with two attached hydrogens (primary N) is 1. The van der Waals surface area contributed by atoms with E-state index in [0.29, 0.717) is 5.96 Å². The van der Waals surface area contributed by atoms with E-state index < -0.39 is 0 Å². The Morgan fingerprint density at radius 1 is 1.50 bits per heavy atom. The number of anilines is 1. The summed E-state index contributed by atoms with van der Waals surface area (Å²) >= 11 is 3.45. The van der Waals surface area contributed by atoms with Gasteiger partial charge in [-0.2, -0.15) is 0 Å². The van der Waals surface area contributed by atoms with E-state index in [9.17, 15) is 0 Å². The molecule has 0 heterocycles. The summed E-state index contributed by atoms with van der Waals surface area (Å²) in [6, 6.07) is 5.94. The average molecular weight is 257 g/mol. The predicted octanol–water partition coefficient (Wildman–Crippen LogP) is 1.62. The molecule has 14 heavy (non-hydrogen) atoms. The molecule has 0 fully saturated rings. The quantitative estimate of drug-likeness (QED) is 0.310. The first-order valence-electron chi connectivity index (χ1n) is 4.14. The highest BCUT2D eigenvalue weighted by molar-refractivity contribution is 9.10. The molecule has 0 aliphatic heterocycles. The number of aliphatic imine (C=N–C) groups is 1. The van der Waals surface area contributed by atoms with Crippen LogP contribution >= 0.6 is 15.9 Å². The number of hydrogen-bond acceptors (Lipinski definition) is 2. The van der Waals surface area contributed by atoms with E-state index in [1.807, 2.05) is 25.1 Å². The number of hydrazine groups is 1. The maximum atomic E-state index is 5.24. The minimum Gasteiger partial charge on any atom is -0.325 e. The van der Waals surface area contributed by atoms with Crippen molar-refractivity contribution in [2.24, 2.45) is 10.8 Å². The van der Waals surface area contributed by atoms with Crippen LogP contribution in [-0.4, -0.2) is 13.0 Å². The van der Waals surface area contributed by atoms with Gasteiger partial charge in [0.25, 0.3) is 0 Å². The van der Waals surface area contributed by atoms with Gasteiger partial charge >= 0.3 is 0 Å². The van der Waals surface area contributed by atoms with Crippen LogP contribution in [0.1, 0.15) is 5.56 Å². The van der Waals surface area contributed by atoms with E-state index in [1.54, 1.807) is 7.05 Å². The summed E-state index contributed by atoms with van der Waals surface area (Å²) in [6.45, 7) is 2.03. The Labute approximate surface area is 91.7 Å². The van der Waals surface area contributed by atoms with Gasteiger partial charge in [0.05, 0.1) is 0 Å². The Morgan fingerprint density at radius 2 is 2.21 bits per heavy atom. The van der Waals surface area contributed by atoms with E-state index in [0.717, 1.165) is 10.2 Å². The molecule has 0 radical (unpaired) electrons. The zero-order valence-electron chi connectivity index (χ0n) is 8.13. The maximum Gasteiger partial charge on any atom is 0.209 e. The highest BCUT2D eigenvalue weighted by Gasteiger charge is 1.99. The molecule has 4 N–H and O–H groups in total. The van der Waals surface area contributed by atoms with Gasteiger partial charge in [-0.3, -0.25) is 10.4 Å². The van der Waals surface area contributed by atoms with Crippen LogP contribution in [-0.2, 0) is 0 Å². The van der Waals surface area contributed by atoms with Crippen LogP contribution in [0, 0.1) is 6.92 Å². The number of guanidine groups is 1. The number of rotatable bonds is 1. The van der Waals surface area contributed by atoms with Crippen LogP contribution in [0.25, 0.3) is 0 Å². The minimum atomic E-state index is 0.528. The van der Waals surface area contributed by atoms with Gasteiger partial charge < -0.3 is 5.32 Å². The minimum absolute atomic E-state index is 0.528. The molecule has 5 heteroatoms. The summed E-state index contributed by atoms with van der Waals surface area (Å²) in [5, 5.41) is 3.03. The maximum absolute atomic E-state index is 5.24. The molecule has 0 aliphatic carbocycles. The van der Waals surface area contributed by atoms with Crippen molar-refractivity contribution in [2.75, 3.05) is 12.4 Å². The van der Waals surface area contributed by atoms with Crippen molar-refractivity contribution in [1.82, 2.24) is 5.43 Å². The zero-order chi connectivity index (χ0) is 10.6. The first kappa shape index (κ1) is 11.0. The first-order chi connectivity index (χ1) is 6.67. The molecular formula is C9H13BrN4. The van der Waals surface area contributed by atoms with Crippen molar-refractivity contribution in [1.29, 1.82) is 0 Å². The molecule has 0 unspecified atom stereocenters. The number of halogens is 1. The molecule has 0 saturated carbocycles. The lowest BCUT2D eigenvalue weighted by atomic mass is 10.2. The standard InChI is InChI=1S/C9H13BrN4/c1-6-3-4-7(5-8(6)10)13-9(12-2)14-11/h3-5H,11H2,1-2H3,(H2,12,13,14). The smallest absolute Gasteiger partial charge is 0.209 e. The zero-order valence-corrected chi connectivity index (χ0v) is 9.72. The SMILES string of the molecule is CN=C(NN)Nc1ccc(C)c(Br)c1. The van der Waals surface area contributed by atoms with Crippen LogP contribution < -0.4 is 16.6 Å². The Bertz CT molecular complexity index is 349. The third kappa shape index (κ3) is 2.71. The summed E-state index contributed by atoms with van der Waals surface area (Å²) < 4.78 is 1.05. The summed E-state index contributed by atoms with van der Waals surface area (Å²) in [6.07, 6.45) is 0. The second-order valence-corrected chi connectivity index (χ2v) is 3.66. The van der Waals surface area contributed by atoms with Gasteiger partial charge in [0, 0.05) is 17.2 Å². The van der Waals surface area contributed by atoms with Crippen molar-refractivity contribution >= 4 is 27.6 Å². The van der Waals surface area contributed by atoms with Gasteiger partial charge in [0.2, 0.25) is 5.96 Å². The lowest BCUT2D eigenvalue weighted by Gasteiger charge is -2.09.